The second-order valence-electron chi connectivity index (χ2n) is 6.12. The van der Waals surface area contributed by atoms with Crippen LogP contribution >= 0.6 is 0 Å². The number of rotatable bonds is 8. The molecule has 4 nitrogen and oxygen atoms in total. The van der Waals surface area contributed by atoms with Crippen molar-refractivity contribution < 1.29 is 32.2 Å². The summed E-state index contributed by atoms with van der Waals surface area (Å²) in [7, 11) is 0. The Labute approximate surface area is 161 Å². The summed E-state index contributed by atoms with van der Waals surface area (Å²) in [6.45, 7) is 1.69. The Morgan fingerprint density at radius 2 is 1.43 bits per heavy atom. The number of unbranched alkanes of at least 4 members (excludes halogenated alkanes) is 2. The van der Waals surface area contributed by atoms with E-state index in [9.17, 15) is 22.8 Å². The maximum Gasteiger partial charge on any atom is 0.416 e. The highest BCUT2D eigenvalue weighted by molar-refractivity contribution is 6.03. The largest absolute Gasteiger partial charge is 0.462 e. The minimum atomic E-state index is -4.55. The van der Waals surface area contributed by atoms with Gasteiger partial charge in [-0.1, -0.05) is 50.1 Å². The maximum absolute atomic E-state index is 13.0. The molecule has 0 heterocycles. The van der Waals surface area contributed by atoms with E-state index in [0.29, 0.717) is 6.42 Å². The molecule has 0 spiro atoms. The molecule has 150 valence electrons. The van der Waals surface area contributed by atoms with Crippen molar-refractivity contribution in [3.8, 4) is 0 Å². The molecule has 0 radical (unpaired) electrons. The Morgan fingerprint density at radius 1 is 0.857 bits per heavy atom. The first kappa shape index (κ1) is 21.5. The molecule has 0 aliphatic heterocycles. The van der Waals surface area contributed by atoms with E-state index in [1.54, 1.807) is 6.07 Å². The molecule has 0 saturated heterocycles. The minimum Gasteiger partial charge on any atom is -0.462 e. The molecule has 28 heavy (non-hydrogen) atoms. The Morgan fingerprint density at radius 3 is 2.04 bits per heavy atom. The average molecular weight is 394 g/mol. The van der Waals surface area contributed by atoms with Crippen LogP contribution < -0.4 is 0 Å². The second-order valence-corrected chi connectivity index (χ2v) is 6.12. The Bertz CT molecular complexity index is 815. The van der Waals surface area contributed by atoms with E-state index >= 15 is 0 Å². The van der Waals surface area contributed by atoms with Crippen molar-refractivity contribution >= 4 is 11.9 Å². The van der Waals surface area contributed by atoms with Gasteiger partial charge in [-0.15, -0.1) is 0 Å². The summed E-state index contributed by atoms with van der Waals surface area (Å²) < 4.78 is 49.3. The highest BCUT2D eigenvalue weighted by Gasteiger charge is 2.33. The van der Waals surface area contributed by atoms with Gasteiger partial charge in [-0.05, 0) is 24.6 Å². The van der Waals surface area contributed by atoms with Crippen LogP contribution in [-0.4, -0.2) is 18.5 Å². The molecule has 0 aliphatic rings. The number of halogens is 3. The molecule has 0 N–H and O–H groups in total. The van der Waals surface area contributed by atoms with Gasteiger partial charge in [0.15, 0.2) is 0 Å². The molecule has 0 unspecified atom stereocenters. The smallest absolute Gasteiger partial charge is 0.416 e. The summed E-state index contributed by atoms with van der Waals surface area (Å²) in [4.78, 5) is 24.6. The molecule has 0 fully saturated rings. The SMILES string of the molecule is CCCCCOC(=O)c1ccccc1C(=O)OCc1ccccc1C(F)(F)F. The third-order valence-electron chi connectivity index (χ3n) is 4.03. The van der Waals surface area contributed by atoms with Gasteiger partial charge in [0, 0.05) is 5.56 Å². The third kappa shape index (κ3) is 5.84. The van der Waals surface area contributed by atoms with Crippen LogP contribution in [-0.2, 0) is 22.3 Å². The number of alkyl halides is 3. The number of carbonyl (C=O) groups excluding carboxylic acids is 2. The number of esters is 2. The average Bonchev–Trinajstić information content (AvgIpc) is 2.68. The number of benzene rings is 2. The predicted molar refractivity (Wildman–Crippen MR) is 96.8 cm³/mol. The first-order chi connectivity index (χ1) is 13.3. The van der Waals surface area contributed by atoms with Crippen LogP contribution in [0.1, 0.15) is 58.0 Å². The van der Waals surface area contributed by atoms with Crippen LogP contribution in [0, 0.1) is 0 Å². The van der Waals surface area contributed by atoms with E-state index in [-0.39, 0.29) is 23.3 Å². The van der Waals surface area contributed by atoms with E-state index in [1.807, 2.05) is 6.92 Å². The molecule has 0 aromatic heterocycles. The quantitative estimate of drug-likeness (QED) is 0.444. The summed E-state index contributed by atoms with van der Waals surface area (Å²) in [5, 5.41) is 0. The molecule has 0 amide bonds. The van der Waals surface area contributed by atoms with Crippen molar-refractivity contribution in [3.63, 3.8) is 0 Å². The molecule has 0 bridgehead atoms. The van der Waals surface area contributed by atoms with Gasteiger partial charge >= 0.3 is 18.1 Å². The molecule has 0 saturated carbocycles. The van der Waals surface area contributed by atoms with E-state index < -0.39 is 30.3 Å². The van der Waals surface area contributed by atoms with Gasteiger partial charge in [0.25, 0.3) is 0 Å². The summed E-state index contributed by atoms with van der Waals surface area (Å²) in [5.41, 5.74) is -1.06. The minimum absolute atomic E-state index is 0.0214. The monoisotopic (exact) mass is 394 g/mol. The van der Waals surface area contributed by atoms with E-state index in [0.717, 1.165) is 18.9 Å². The normalized spacial score (nSPS) is 11.1. The molecular formula is C21H21F3O4. The lowest BCUT2D eigenvalue weighted by atomic mass is 10.1. The Kier molecular flexibility index (Phi) is 7.61. The third-order valence-corrected chi connectivity index (χ3v) is 4.03. The topological polar surface area (TPSA) is 52.6 Å². The van der Waals surface area contributed by atoms with Crippen molar-refractivity contribution in [1.82, 2.24) is 0 Å². The summed E-state index contributed by atoms with van der Waals surface area (Å²) >= 11 is 0. The lowest BCUT2D eigenvalue weighted by Crippen LogP contribution is -2.16. The number of hydrogen-bond acceptors (Lipinski definition) is 4. The fourth-order valence-electron chi connectivity index (χ4n) is 2.58. The van der Waals surface area contributed by atoms with Crippen molar-refractivity contribution in [2.24, 2.45) is 0 Å². The van der Waals surface area contributed by atoms with Crippen LogP contribution in [0.5, 0.6) is 0 Å². The fourth-order valence-corrected chi connectivity index (χ4v) is 2.58. The van der Waals surface area contributed by atoms with Gasteiger partial charge in [-0.3, -0.25) is 0 Å². The van der Waals surface area contributed by atoms with Crippen LogP contribution in [0.25, 0.3) is 0 Å². The van der Waals surface area contributed by atoms with Crippen LogP contribution in [0.2, 0.25) is 0 Å². The predicted octanol–water partition coefficient (Wildman–Crippen LogP) is 5.41. The molecule has 2 aromatic carbocycles. The first-order valence-electron chi connectivity index (χ1n) is 8.93. The Hall–Kier alpha value is -2.83. The zero-order chi connectivity index (χ0) is 20.6. The molecular weight excluding hydrogens is 373 g/mol. The van der Waals surface area contributed by atoms with Crippen LogP contribution in [0.4, 0.5) is 13.2 Å². The number of carbonyl (C=O) groups is 2. The molecule has 0 aliphatic carbocycles. The highest BCUT2D eigenvalue weighted by Crippen LogP contribution is 2.32. The zero-order valence-corrected chi connectivity index (χ0v) is 15.4. The number of ether oxygens (including phenoxy) is 2. The van der Waals surface area contributed by atoms with Gasteiger partial charge in [-0.2, -0.15) is 13.2 Å². The zero-order valence-electron chi connectivity index (χ0n) is 15.4. The summed E-state index contributed by atoms with van der Waals surface area (Å²) in [6.07, 6.45) is -1.96. The maximum atomic E-state index is 13.0. The van der Waals surface area contributed by atoms with Gasteiger partial charge < -0.3 is 9.47 Å². The van der Waals surface area contributed by atoms with Crippen molar-refractivity contribution in [3.05, 3.63) is 70.8 Å². The molecule has 0 atom stereocenters. The highest BCUT2D eigenvalue weighted by atomic mass is 19.4. The molecule has 7 heteroatoms. The molecule has 2 rings (SSSR count). The first-order valence-corrected chi connectivity index (χ1v) is 8.93. The standard InChI is InChI=1S/C21H21F3O4/c1-2-3-8-13-27-19(25)16-10-5-6-11-17(16)20(26)28-14-15-9-4-7-12-18(15)21(22,23)24/h4-7,9-12H,2-3,8,13-14H2,1H3. The van der Waals surface area contributed by atoms with Crippen molar-refractivity contribution in [2.75, 3.05) is 6.61 Å². The van der Waals surface area contributed by atoms with Crippen molar-refractivity contribution in [1.29, 1.82) is 0 Å². The Balaban J connectivity index is 2.09. The van der Waals surface area contributed by atoms with Crippen LogP contribution in [0.3, 0.4) is 0 Å². The van der Waals surface area contributed by atoms with E-state index in [1.165, 1.54) is 36.4 Å². The lowest BCUT2D eigenvalue weighted by Gasteiger charge is -2.13. The lowest BCUT2D eigenvalue weighted by molar-refractivity contribution is -0.138. The van der Waals surface area contributed by atoms with Gasteiger partial charge in [0.1, 0.15) is 6.61 Å². The van der Waals surface area contributed by atoms with E-state index in [2.05, 4.69) is 0 Å². The summed E-state index contributed by atoms with van der Waals surface area (Å²) in [5.74, 6) is -1.56. The number of hydrogen-bond donors (Lipinski definition) is 0. The second kappa shape index (κ2) is 9.92. The fraction of sp³-hybridized carbons (Fsp3) is 0.333. The van der Waals surface area contributed by atoms with E-state index in [4.69, 9.17) is 9.47 Å². The van der Waals surface area contributed by atoms with Gasteiger partial charge in [-0.25, -0.2) is 9.59 Å². The van der Waals surface area contributed by atoms with Crippen LogP contribution in [0.15, 0.2) is 48.5 Å². The summed E-state index contributed by atoms with van der Waals surface area (Å²) in [6, 6.07) is 10.8. The van der Waals surface area contributed by atoms with Crippen molar-refractivity contribution in [2.45, 2.75) is 39.0 Å². The van der Waals surface area contributed by atoms with Gasteiger partial charge in [0.05, 0.1) is 23.3 Å². The molecule has 2 aromatic rings. The van der Waals surface area contributed by atoms with Gasteiger partial charge in [0.2, 0.25) is 0 Å².